The molecular weight excluding hydrogens is 366 g/mol. The number of hydrogen-bond acceptors (Lipinski definition) is 5. The first kappa shape index (κ1) is 19.3. The fourth-order valence-electron chi connectivity index (χ4n) is 3.79. The number of benzene rings is 2. The third-order valence-corrected chi connectivity index (χ3v) is 5.39. The van der Waals surface area contributed by atoms with E-state index in [1.54, 1.807) is 4.90 Å². The topological polar surface area (TPSA) is 79.5 Å². The summed E-state index contributed by atoms with van der Waals surface area (Å²) >= 11 is 0. The molecule has 1 amide bonds. The molecule has 0 saturated carbocycles. The SMILES string of the molecule is O=C(CCc1nnc(Cc2ccc(-c3ccccc3)cc2)o1)N1CCC[C@H]1CO. The second kappa shape index (κ2) is 9.01. The number of aryl methyl sites for hydroxylation is 1. The van der Waals surface area contributed by atoms with E-state index in [9.17, 15) is 9.90 Å². The average Bonchev–Trinajstić information content (AvgIpc) is 3.42. The smallest absolute Gasteiger partial charge is 0.223 e. The van der Waals surface area contributed by atoms with Crippen molar-refractivity contribution in [3.8, 4) is 11.1 Å². The van der Waals surface area contributed by atoms with Crippen LogP contribution in [0.15, 0.2) is 59.0 Å². The fraction of sp³-hybridized carbons (Fsp3) is 0.348. The minimum Gasteiger partial charge on any atom is -0.425 e. The van der Waals surface area contributed by atoms with Crippen LogP contribution in [-0.2, 0) is 17.6 Å². The summed E-state index contributed by atoms with van der Waals surface area (Å²) in [7, 11) is 0. The molecule has 150 valence electrons. The Kier molecular flexibility index (Phi) is 6.00. The van der Waals surface area contributed by atoms with Gasteiger partial charge >= 0.3 is 0 Å². The maximum atomic E-state index is 12.4. The first-order valence-corrected chi connectivity index (χ1v) is 10.1. The van der Waals surface area contributed by atoms with Gasteiger partial charge in [-0.3, -0.25) is 4.79 Å². The Bertz CT molecular complexity index is 938. The van der Waals surface area contributed by atoms with Gasteiger partial charge < -0.3 is 14.4 Å². The van der Waals surface area contributed by atoms with Gasteiger partial charge in [-0.15, -0.1) is 10.2 Å². The van der Waals surface area contributed by atoms with E-state index in [0.717, 1.165) is 24.9 Å². The van der Waals surface area contributed by atoms with E-state index in [0.29, 0.717) is 31.0 Å². The number of amides is 1. The van der Waals surface area contributed by atoms with Gasteiger partial charge in [0.15, 0.2) is 0 Å². The Balaban J connectivity index is 1.32. The summed E-state index contributed by atoms with van der Waals surface area (Å²) in [6, 6.07) is 18.5. The Morgan fingerprint density at radius 3 is 2.52 bits per heavy atom. The predicted octanol–water partition coefficient (Wildman–Crippen LogP) is 3.24. The van der Waals surface area contributed by atoms with Crippen LogP contribution >= 0.6 is 0 Å². The van der Waals surface area contributed by atoms with Crippen LogP contribution in [0.4, 0.5) is 0 Å². The molecule has 3 aromatic rings. The predicted molar refractivity (Wildman–Crippen MR) is 109 cm³/mol. The van der Waals surface area contributed by atoms with Crippen LogP contribution in [0.3, 0.4) is 0 Å². The van der Waals surface area contributed by atoms with E-state index in [2.05, 4.69) is 46.6 Å². The Morgan fingerprint density at radius 2 is 1.76 bits per heavy atom. The summed E-state index contributed by atoms with van der Waals surface area (Å²) in [5, 5.41) is 17.6. The molecule has 2 aromatic carbocycles. The highest BCUT2D eigenvalue weighted by Crippen LogP contribution is 2.21. The quantitative estimate of drug-likeness (QED) is 0.669. The third kappa shape index (κ3) is 4.71. The molecule has 1 aliphatic rings. The molecule has 1 atom stereocenters. The third-order valence-electron chi connectivity index (χ3n) is 5.39. The Morgan fingerprint density at radius 1 is 1.03 bits per heavy atom. The maximum absolute atomic E-state index is 12.4. The maximum Gasteiger partial charge on any atom is 0.223 e. The molecule has 1 N–H and O–H groups in total. The van der Waals surface area contributed by atoms with Gasteiger partial charge in [-0.1, -0.05) is 54.6 Å². The molecule has 0 unspecified atom stereocenters. The monoisotopic (exact) mass is 391 g/mol. The minimum atomic E-state index is -0.0420. The average molecular weight is 391 g/mol. The summed E-state index contributed by atoms with van der Waals surface area (Å²) in [4.78, 5) is 14.1. The fourth-order valence-corrected chi connectivity index (χ4v) is 3.79. The van der Waals surface area contributed by atoms with Crippen LogP contribution in [0.1, 0.15) is 36.6 Å². The summed E-state index contributed by atoms with van der Waals surface area (Å²) in [5.41, 5.74) is 3.45. The highest BCUT2D eigenvalue weighted by atomic mass is 16.4. The molecule has 4 rings (SSSR count). The largest absolute Gasteiger partial charge is 0.425 e. The molecule has 0 radical (unpaired) electrons. The number of aromatic nitrogens is 2. The number of nitrogens with zero attached hydrogens (tertiary/aromatic N) is 3. The van der Waals surface area contributed by atoms with Crippen LogP contribution in [0.2, 0.25) is 0 Å². The molecular formula is C23H25N3O3. The zero-order valence-electron chi connectivity index (χ0n) is 16.3. The summed E-state index contributed by atoms with van der Waals surface area (Å²) in [6.07, 6.45) is 3.13. The second-order valence-electron chi connectivity index (χ2n) is 7.40. The first-order chi connectivity index (χ1) is 14.2. The highest BCUT2D eigenvalue weighted by molar-refractivity contribution is 5.77. The molecule has 6 heteroatoms. The summed E-state index contributed by atoms with van der Waals surface area (Å²) < 4.78 is 5.73. The van der Waals surface area contributed by atoms with Gasteiger partial charge in [0.1, 0.15) is 0 Å². The van der Waals surface area contributed by atoms with Gasteiger partial charge in [0.05, 0.1) is 19.1 Å². The molecule has 0 aliphatic carbocycles. The van der Waals surface area contributed by atoms with Crippen LogP contribution in [0.25, 0.3) is 11.1 Å². The number of likely N-dealkylation sites (tertiary alicyclic amines) is 1. The minimum absolute atomic E-state index is 0.0273. The summed E-state index contributed by atoms with van der Waals surface area (Å²) in [5.74, 6) is 1.07. The second-order valence-corrected chi connectivity index (χ2v) is 7.40. The van der Waals surface area contributed by atoms with Gasteiger partial charge in [0.2, 0.25) is 17.7 Å². The zero-order valence-corrected chi connectivity index (χ0v) is 16.3. The van der Waals surface area contributed by atoms with Crippen LogP contribution < -0.4 is 0 Å². The van der Waals surface area contributed by atoms with E-state index >= 15 is 0 Å². The number of aliphatic hydroxyl groups is 1. The number of aliphatic hydroxyl groups excluding tert-OH is 1. The molecule has 1 fully saturated rings. The van der Waals surface area contributed by atoms with Crippen LogP contribution in [0.5, 0.6) is 0 Å². The van der Waals surface area contributed by atoms with E-state index in [1.165, 1.54) is 11.1 Å². The van der Waals surface area contributed by atoms with Gasteiger partial charge in [0, 0.05) is 19.4 Å². The van der Waals surface area contributed by atoms with Gasteiger partial charge in [-0.05, 0) is 29.5 Å². The van der Waals surface area contributed by atoms with Gasteiger partial charge in [-0.2, -0.15) is 0 Å². The number of carbonyl (C=O) groups is 1. The van der Waals surface area contributed by atoms with E-state index in [-0.39, 0.29) is 18.6 Å². The van der Waals surface area contributed by atoms with Gasteiger partial charge in [0.25, 0.3) is 0 Å². The Hall–Kier alpha value is -2.99. The highest BCUT2D eigenvalue weighted by Gasteiger charge is 2.27. The van der Waals surface area contributed by atoms with Crippen molar-refractivity contribution in [1.82, 2.24) is 15.1 Å². The van der Waals surface area contributed by atoms with Crippen molar-refractivity contribution in [2.75, 3.05) is 13.2 Å². The molecule has 1 saturated heterocycles. The van der Waals surface area contributed by atoms with Crippen molar-refractivity contribution in [3.63, 3.8) is 0 Å². The molecule has 1 aliphatic heterocycles. The number of rotatable bonds is 7. The van der Waals surface area contributed by atoms with Crippen molar-refractivity contribution >= 4 is 5.91 Å². The molecule has 0 bridgehead atoms. The lowest BCUT2D eigenvalue weighted by atomic mass is 10.0. The number of hydrogen-bond donors (Lipinski definition) is 1. The zero-order chi connectivity index (χ0) is 20.1. The molecule has 0 spiro atoms. The molecule has 1 aromatic heterocycles. The van der Waals surface area contributed by atoms with Crippen molar-refractivity contribution in [2.24, 2.45) is 0 Å². The van der Waals surface area contributed by atoms with Crippen LogP contribution in [0, 0.1) is 0 Å². The van der Waals surface area contributed by atoms with Crippen molar-refractivity contribution in [2.45, 2.75) is 38.1 Å². The van der Waals surface area contributed by atoms with Crippen molar-refractivity contribution < 1.29 is 14.3 Å². The molecule has 6 nitrogen and oxygen atoms in total. The number of carbonyl (C=O) groups excluding carboxylic acids is 1. The van der Waals surface area contributed by atoms with E-state index in [4.69, 9.17) is 4.42 Å². The first-order valence-electron chi connectivity index (χ1n) is 10.1. The van der Waals surface area contributed by atoms with E-state index in [1.807, 2.05) is 18.2 Å². The standard InChI is InChI=1S/C23H25N3O3/c27-16-20-7-4-14-26(20)23(28)13-12-21-24-25-22(29-21)15-17-8-10-19(11-9-17)18-5-2-1-3-6-18/h1-3,5-6,8-11,20,27H,4,7,12-16H2/t20-/m0/s1. The van der Waals surface area contributed by atoms with Crippen molar-refractivity contribution in [1.29, 1.82) is 0 Å². The van der Waals surface area contributed by atoms with Crippen LogP contribution in [-0.4, -0.2) is 45.3 Å². The van der Waals surface area contributed by atoms with Crippen molar-refractivity contribution in [3.05, 3.63) is 71.9 Å². The summed E-state index contributed by atoms with van der Waals surface area (Å²) in [6.45, 7) is 0.748. The lowest BCUT2D eigenvalue weighted by molar-refractivity contribution is -0.132. The lowest BCUT2D eigenvalue weighted by Gasteiger charge is -2.22. The molecule has 29 heavy (non-hydrogen) atoms. The van der Waals surface area contributed by atoms with Gasteiger partial charge in [-0.25, -0.2) is 0 Å². The normalized spacial score (nSPS) is 16.3. The Labute approximate surface area is 170 Å². The van der Waals surface area contributed by atoms with E-state index < -0.39 is 0 Å². The molecule has 2 heterocycles. The lowest BCUT2D eigenvalue weighted by Crippen LogP contribution is -2.37.